The topological polar surface area (TPSA) is 104 Å². The molecule has 0 saturated carbocycles. The highest BCUT2D eigenvalue weighted by Gasteiger charge is 2.18. The summed E-state index contributed by atoms with van der Waals surface area (Å²) < 4.78 is 49.9. The zero-order valence-corrected chi connectivity index (χ0v) is 19.3. The van der Waals surface area contributed by atoms with Crippen LogP contribution in [0.1, 0.15) is 12.8 Å². The van der Waals surface area contributed by atoms with E-state index in [-0.39, 0.29) is 18.9 Å². The van der Waals surface area contributed by atoms with Gasteiger partial charge in [-0.3, -0.25) is 13.4 Å². The van der Waals surface area contributed by atoms with Gasteiger partial charge in [0.1, 0.15) is 0 Å². The maximum Gasteiger partial charge on any atom is 0.232 e. The lowest BCUT2D eigenvalue weighted by Crippen LogP contribution is -2.31. The molecule has 1 N–H and O–H groups in total. The first kappa shape index (κ1) is 24.0. The van der Waals surface area contributed by atoms with Crippen LogP contribution in [0.4, 0.5) is 17.1 Å². The molecule has 0 aliphatic heterocycles. The molecule has 0 bridgehead atoms. The Morgan fingerprint density at radius 2 is 1.60 bits per heavy atom. The summed E-state index contributed by atoms with van der Waals surface area (Å²) >= 11 is 5.85. The van der Waals surface area contributed by atoms with Crippen molar-refractivity contribution in [2.75, 3.05) is 40.0 Å². The average molecular weight is 474 g/mol. The van der Waals surface area contributed by atoms with E-state index in [0.29, 0.717) is 28.5 Å². The molecule has 0 unspecified atom stereocenters. The van der Waals surface area contributed by atoms with E-state index in [1.807, 2.05) is 0 Å². The third-order valence-electron chi connectivity index (χ3n) is 4.27. The molecule has 0 spiro atoms. The normalized spacial score (nSPS) is 11.7. The summed E-state index contributed by atoms with van der Waals surface area (Å²) in [4.78, 5) is 12.3. The van der Waals surface area contributed by atoms with Gasteiger partial charge in [0.05, 0.1) is 23.9 Å². The Kier molecular flexibility index (Phi) is 7.73. The van der Waals surface area contributed by atoms with Gasteiger partial charge in [-0.15, -0.1) is 0 Å². The van der Waals surface area contributed by atoms with Crippen LogP contribution in [0, 0.1) is 0 Å². The van der Waals surface area contributed by atoms with Crippen molar-refractivity contribution in [2.45, 2.75) is 12.8 Å². The molecular weight excluding hydrogens is 450 g/mol. The molecule has 0 heterocycles. The van der Waals surface area contributed by atoms with Crippen LogP contribution in [-0.2, 0) is 24.8 Å². The van der Waals surface area contributed by atoms with Crippen LogP contribution in [0.15, 0.2) is 48.5 Å². The number of hydrogen-bond donors (Lipinski definition) is 1. The van der Waals surface area contributed by atoms with Gasteiger partial charge in [-0.2, -0.15) is 0 Å². The molecule has 1 amide bonds. The first-order valence-electron chi connectivity index (χ1n) is 8.95. The number of carbonyl (C=O) groups excluding carboxylic acids is 1. The molecule has 0 aromatic heterocycles. The fourth-order valence-electron chi connectivity index (χ4n) is 2.67. The molecular formula is C19H24ClN3O5S2. The highest BCUT2D eigenvalue weighted by molar-refractivity contribution is 7.92. The first-order valence-corrected chi connectivity index (χ1v) is 13.0. The van der Waals surface area contributed by atoms with Crippen molar-refractivity contribution in [1.82, 2.24) is 0 Å². The Bertz CT molecular complexity index is 1100. The highest BCUT2D eigenvalue weighted by Crippen LogP contribution is 2.22. The van der Waals surface area contributed by atoms with Crippen molar-refractivity contribution in [2.24, 2.45) is 0 Å². The van der Waals surface area contributed by atoms with E-state index < -0.39 is 20.0 Å². The van der Waals surface area contributed by atoms with E-state index in [9.17, 15) is 21.6 Å². The van der Waals surface area contributed by atoms with Gasteiger partial charge in [-0.1, -0.05) is 17.7 Å². The lowest BCUT2D eigenvalue weighted by atomic mass is 10.2. The molecule has 0 atom stereocenters. The number of carbonyl (C=O) groups is 1. The lowest BCUT2D eigenvalue weighted by Gasteiger charge is -2.22. The maximum absolute atomic E-state index is 12.3. The van der Waals surface area contributed by atoms with Crippen molar-refractivity contribution in [3.8, 4) is 0 Å². The van der Waals surface area contributed by atoms with Gasteiger partial charge in [-0.05, 0) is 48.9 Å². The van der Waals surface area contributed by atoms with Crippen LogP contribution in [0.3, 0.4) is 0 Å². The van der Waals surface area contributed by atoms with Crippen LogP contribution in [0.5, 0.6) is 0 Å². The van der Waals surface area contributed by atoms with E-state index >= 15 is 0 Å². The van der Waals surface area contributed by atoms with Gasteiger partial charge >= 0.3 is 0 Å². The summed E-state index contributed by atoms with van der Waals surface area (Å²) in [5, 5.41) is 3.20. The van der Waals surface area contributed by atoms with Crippen LogP contribution >= 0.6 is 11.6 Å². The van der Waals surface area contributed by atoms with E-state index in [1.54, 1.807) is 48.5 Å². The molecule has 0 radical (unpaired) electrons. The minimum Gasteiger partial charge on any atom is -0.326 e. The molecule has 164 valence electrons. The molecule has 2 rings (SSSR count). The number of rotatable bonds is 9. The molecule has 8 nitrogen and oxygen atoms in total. The van der Waals surface area contributed by atoms with Crippen molar-refractivity contribution >= 4 is 54.6 Å². The number of amides is 1. The van der Waals surface area contributed by atoms with Crippen LogP contribution in [0.25, 0.3) is 0 Å². The number of nitrogens with one attached hydrogen (secondary N) is 1. The van der Waals surface area contributed by atoms with E-state index in [4.69, 9.17) is 11.6 Å². The van der Waals surface area contributed by atoms with Crippen LogP contribution in [-0.4, -0.2) is 48.8 Å². The van der Waals surface area contributed by atoms with Crippen LogP contribution < -0.4 is 13.9 Å². The second kappa shape index (κ2) is 9.67. The second-order valence-electron chi connectivity index (χ2n) is 6.74. The summed E-state index contributed by atoms with van der Waals surface area (Å²) in [6, 6.07) is 12.9. The number of halogens is 1. The molecule has 0 aliphatic rings. The number of anilines is 3. The number of sulfonamides is 2. The first-order chi connectivity index (χ1) is 13.9. The van der Waals surface area contributed by atoms with Gasteiger partial charge in [0, 0.05) is 30.7 Å². The molecule has 0 fully saturated rings. The monoisotopic (exact) mass is 473 g/mol. The molecule has 2 aromatic rings. The smallest absolute Gasteiger partial charge is 0.232 e. The summed E-state index contributed by atoms with van der Waals surface area (Å²) in [5.74, 6) is -0.307. The average Bonchev–Trinajstić information content (AvgIpc) is 2.64. The zero-order valence-electron chi connectivity index (χ0n) is 16.9. The molecule has 11 heteroatoms. The van der Waals surface area contributed by atoms with Gasteiger partial charge in [0.15, 0.2) is 0 Å². The Morgan fingerprint density at radius 3 is 2.17 bits per heavy atom. The zero-order chi connectivity index (χ0) is 22.5. The fraction of sp³-hybridized carbons (Fsp3) is 0.316. The molecule has 2 aromatic carbocycles. The third-order valence-corrected chi connectivity index (χ3v) is 6.92. The molecule has 0 saturated heterocycles. The van der Waals surface area contributed by atoms with Crippen molar-refractivity contribution in [3.05, 3.63) is 53.6 Å². The minimum absolute atomic E-state index is 0.0890. The molecule has 30 heavy (non-hydrogen) atoms. The van der Waals surface area contributed by atoms with Gasteiger partial charge in [-0.25, -0.2) is 16.8 Å². The standard InChI is InChI=1S/C19H24ClN3O5S2/c1-22(29(2,25)26)18-7-4-6-16(14-18)21-19(24)8-5-13-23(30(3,27)28)17-11-9-15(20)10-12-17/h4,6-7,9-12,14H,5,8,13H2,1-3H3,(H,21,24). The van der Waals surface area contributed by atoms with Crippen molar-refractivity contribution < 1.29 is 21.6 Å². The van der Waals surface area contributed by atoms with Crippen molar-refractivity contribution in [3.63, 3.8) is 0 Å². The Morgan fingerprint density at radius 1 is 0.967 bits per heavy atom. The lowest BCUT2D eigenvalue weighted by molar-refractivity contribution is -0.116. The predicted octanol–water partition coefficient (Wildman–Crippen LogP) is 2.92. The fourth-order valence-corrected chi connectivity index (χ4v) is 4.26. The van der Waals surface area contributed by atoms with E-state index in [0.717, 1.165) is 16.8 Å². The van der Waals surface area contributed by atoms with E-state index in [2.05, 4.69) is 5.32 Å². The Balaban J connectivity index is 1.99. The van der Waals surface area contributed by atoms with Gasteiger partial charge in [0.25, 0.3) is 0 Å². The minimum atomic E-state index is -3.52. The summed E-state index contributed by atoms with van der Waals surface area (Å²) in [6.07, 6.45) is 2.58. The molecule has 0 aliphatic carbocycles. The summed E-state index contributed by atoms with van der Waals surface area (Å²) in [5.41, 5.74) is 1.34. The Hall–Kier alpha value is -2.30. The highest BCUT2D eigenvalue weighted by atomic mass is 35.5. The van der Waals surface area contributed by atoms with Gasteiger partial charge in [0.2, 0.25) is 26.0 Å². The van der Waals surface area contributed by atoms with Crippen molar-refractivity contribution in [1.29, 1.82) is 0 Å². The summed E-state index contributed by atoms with van der Waals surface area (Å²) in [6.45, 7) is 0.130. The van der Waals surface area contributed by atoms with E-state index in [1.165, 1.54) is 11.4 Å². The number of benzene rings is 2. The van der Waals surface area contributed by atoms with Gasteiger partial charge < -0.3 is 5.32 Å². The largest absolute Gasteiger partial charge is 0.326 e. The summed E-state index contributed by atoms with van der Waals surface area (Å²) in [7, 11) is -5.52. The third kappa shape index (κ3) is 6.89. The second-order valence-corrected chi connectivity index (χ2v) is 11.1. The quantitative estimate of drug-likeness (QED) is 0.603. The van der Waals surface area contributed by atoms with Crippen LogP contribution in [0.2, 0.25) is 5.02 Å². The number of hydrogen-bond acceptors (Lipinski definition) is 5. The SMILES string of the molecule is CN(c1cccc(NC(=O)CCCN(c2ccc(Cl)cc2)S(C)(=O)=O)c1)S(C)(=O)=O. The predicted molar refractivity (Wildman–Crippen MR) is 121 cm³/mol. The Labute approximate surface area is 182 Å². The number of nitrogens with zero attached hydrogens (tertiary/aromatic N) is 2. The maximum atomic E-state index is 12.3.